The molecule has 1 aromatic rings. The molecule has 7 rings (SSSR count). The lowest BCUT2D eigenvalue weighted by Gasteiger charge is -2.61. The van der Waals surface area contributed by atoms with Gasteiger partial charge in [0.1, 0.15) is 6.10 Å². The SMILES string of the molecule is C[C@@H]1CC[C@@]2(OC1)O[C@H]1C[C@@H]3[C@@H]4CC[C@@H]5C[C@H](OC(=O)c6ccccc6)CC[C@]5(C)[C@@H]4CC[C@]3(C)[C@H]1[C@@H]2C. The molecule has 1 aromatic carbocycles. The number of carbonyl (C=O) groups excluding carboxylic acids is 1. The molecular formula is C34H48O4. The Morgan fingerprint density at radius 2 is 1.68 bits per heavy atom. The van der Waals surface area contributed by atoms with Gasteiger partial charge in [0.2, 0.25) is 0 Å². The normalized spacial score (nSPS) is 51.5. The Bertz CT molecular complexity index is 1050. The summed E-state index contributed by atoms with van der Waals surface area (Å²) < 4.78 is 19.5. The second-order valence-electron chi connectivity index (χ2n) is 14.8. The van der Waals surface area contributed by atoms with Crippen molar-refractivity contribution in [2.24, 2.45) is 52.3 Å². The van der Waals surface area contributed by atoms with Crippen LogP contribution < -0.4 is 0 Å². The van der Waals surface area contributed by atoms with Crippen LogP contribution in [0, 0.1) is 52.3 Å². The molecule has 2 heterocycles. The molecule has 4 aliphatic carbocycles. The van der Waals surface area contributed by atoms with Crippen LogP contribution in [0.3, 0.4) is 0 Å². The van der Waals surface area contributed by atoms with Crippen LogP contribution in [0.1, 0.15) is 102 Å². The molecule has 0 aromatic heterocycles. The molecule has 4 saturated carbocycles. The van der Waals surface area contributed by atoms with Crippen LogP contribution >= 0.6 is 0 Å². The van der Waals surface area contributed by atoms with Crippen molar-refractivity contribution in [1.29, 1.82) is 0 Å². The van der Waals surface area contributed by atoms with E-state index in [0.717, 1.165) is 43.6 Å². The lowest BCUT2D eigenvalue weighted by atomic mass is 9.44. The zero-order valence-electron chi connectivity index (χ0n) is 24.0. The summed E-state index contributed by atoms with van der Waals surface area (Å²) in [6.45, 7) is 10.9. The van der Waals surface area contributed by atoms with E-state index in [4.69, 9.17) is 14.2 Å². The Hall–Kier alpha value is -1.39. The molecule has 2 aliphatic heterocycles. The minimum atomic E-state index is -0.314. The van der Waals surface area contributed by atoms with Gasteiger partial charge in [0.05, 0.1) is 18.3 Å². The van der Waals surface area contributed by atoms with Crippen LogP contribution in [0.15, 0.2) is 30.3 Å². The van der Waals surface area contributed by atoms with E-state index in [-0.39, 0.29) is 17.9 Å². The third-order valence-electron chi connectivity index (χ3n) is 13.2. The van der Waals surface area contributed by atoms with Gasteiger partial charge in [-0.2, -0.15) is 0 Å². The number of rotatable bonds is 2. The molecule has 2 saturated heterocycles. The van der Waals surface area contributed by atoms with Crippen molar-refractivity contribution in [2.45, 2.75) is 110 Å². The molecule has 1 spiro atoms. The molecule has 6 fully saturated rings. The van der Waals surface area contributed by atoms with E-state index in [1.54, 1.807) is 0 Å². The molecular weight excluding hydrogens is 472 g/mol. The first-order valence-corrected chi connectivity index (χ1v) is 15.8. The largest absolute Gasteiger partial charge is 0.459 e. The average Bonchev–Trinajstić information content (AvgIpc) is 3.36. The Kier molecular flexibility index (Phi) is 6.10. The number of esters is 1. The lowest BCUT2D eigenvalue weighted by molar-refractivity contribution is -0.273. The maximum Gasteiger partial charge on any atom is 0.338 e. The first-order chi connectivity index (χ1) is 18.2. The second-order valence-corrected chi connectivity index (χ2v) is 14.8. The summed E-state index contributed by atoms with van der Waals surface area (Å²) in [5, 5.41) is 0. The minimum Gasteiger partial charge on any atom is -0.459 e. The van der Waals surface area contributed by atoms with Crippen LogP contribution in [0.25, 0.3) is 0 Å². The minimum absolute atomic E-state index is 0.0701. The summed E-state index contributed by atoms with van der Waals surface area (Å²) in [4.78, 5) is 12.7. The maximum absolute atomic E-state index is 12.7. The van der Waals surface area contributed by atoms with E-state index < -0.39 is 0 Å². The topological polar surface area (TPSA) is 44.8 Å². The van der Waals surface area contributed by atoms with E-state index in [1.807, 2.05) is 30.3 Å². The predicted molar refractivity (Wildman–Crippen MR) is 147 cm³/mol. The third-order valence-corrected chi connectivity index (χ3v) is 13.2. The average molecular weight is 521 g/mol. The summed E-state index contributed by atoms with van der Waals surface area (Å²) in [5.74, 6) is 4.41. The first-order valence-electron chi connectivity index (χ1n) is 15.8. The highest BCUT2D eigenvalue weighted by Crippen LogP contribution is 2.71. The summed E-state index contributed by atoms with van der Waals surface area (Å²) in [6.07, 6.45) is 12.6. The van der Waals surface area contributed by atoms with Crippen LogP contribution in [0.5, 0.6) is 0 Å². The van der Waals surface area contributed by atoms with Crippen LogP contribution in [0.2, 0.25) is 0 Å². The highest BCUT2D eigenvalue weighted by Gasteiger charge is 2.69. The van der Waals surface area contributed by atoms with Crippen LogP contribution in [-0.2, 0) is 14.2 Å². The van der Waals surface area contributed by atoms with E-state index in [1.165, 1.54) is 44.9 Å². The van der Waals surface area contributed by atoms with Gasteiger partial charge in [-0.15, -0.1) is 0 Å². The number of carbonyl (C=O) groups is 1. The molecule has 4 heteroatoms. The van der Waals surface area contributed by atoms with Crippen molar-refractivity contribution < 1.29 is 19.0 Å². The van der Waals surface area contributed by atoms with Gasteiger partial charge >= 0.3 is 5.97 Å². The van der Waals surface area contributed by atoms with Crippen molar-refractivity contribution in [3.63, 3.8) is 0 Å². The molecule has 0 amide bonds. The molecule has 6 aliphatic rings. The molecule has 38 heavy (non-hydrogen) atoms. The number of benzene rings is 1. The van der Waals surface area contributed by atoms with Gasteiger partial charge < -0.3 is 14.2 Å². The Morgan fingerprint density at radius 3 is 2.45 bits per heavy atom. The highest BCUT2D eigenvalue weighted by atomic mass is 16.7. The predicted octanol–water partition coefficient (Wildman–Crippen LogP) is 7.66. The smallest absolute Gasteiger partial charge is 0.338 e. The fourth-order valence-electron chi connectivity index (χ4n) is 11.1. The van der Waals surface area contributed by atoms with Crippen molar-refractivity contribution >= 4 is 5.97 Å². The van der Waals surface area contributed by atoms with Crippen molar-refractivity contribution in [3.05, 3.63) is 35.9 Å². The number of fused-ring (bicyclic) bond motifs is 7. The fourth-order valence-corrected chi connectivity index (χ4v) is 11.1. The summed E-state index contributed by atoms with van der Waals surface area (Å²) >= 11 is 0. The molecule has 0 bridgehead atoms. The van der Waals surface area contributed by atoms with Gasteiger partial charge in [-0.25, -0.2) is 4.79 Å². The van der Waals surface area contributed by atoms with Gasteiger partial charge in [0.25, 0.3) is 0 Å². The zero-order valence-corrected chi connectivity index (χ0v) is 24.0. The maximum atomic E-state index is 12.7. The number of ether oxygens (including phenoxy) is 3. The Labute approximate surface area is 229 Å². The van der Waals surface area contributed by atoms with Gasteiger partial charge in [0.15, 0.2) is 5.79 Å². The molecule has 0 radical (unpaired) electrons. The van der Waals surface area contributed by atoms with E-state index in [9.17, 15) is 4.79 Å². The standard InChI is InChI=1S/C34H48O4/c1-21-12-17-34(36-20-21)22(2)30-29(38-34)19-28-26-11-10-24-18-25(37-31(35)23-8-6-5-7-9-23)13-15-32(24,3)27(26)14-16-33(28,30)4/h5-9,21-22,24-30H,10-20H2,1-4H3/t21-,22+,24-,25-,26-,27-,28-,29+,30+,32+,33+,34-/m1/s1. The summed E-state index contributed by atoms with van der Waals surface area (Å²) in [6, 6.07) is 9.51. The van der Waals surface area contributed by atoms with Gasteiger partial charge in [-0.1, -0.05) is 45.9 Å². The molecule has 0 N–H and O–H groups in total. The lowest BCUT2D eigenvalue weighted by Crippen LogP contribution is -2.55. The summed E-state index contributed by atoms with van der Waals surface area (Å²) in [5.41, 5.74) is 1.44. The molecule has 4 nitrogen and oxygen atoms in total. The second kappa shape index (κ2) is 9.06. The van der Waals surface area contributed by atoms with E-state index >= 15 is 0 Å². The molecule has 0 unspecified atom stereocenters. The van der Waals surface area contributed by atoms with E-state index in [0.29, 0.717) is 46.2 Å². The fraction of sp³-hybridized carbons (Fsp3) is 0.794. The van der Waals surface area contributed by atoms with Crippen molar-refractivity contribution in [2.75, 3.05) is 6.61 Å². The van der Waals surface area contributed by atoms with Gasteiger partial charge in [0, 0.05) is 12.3 Å². The number of hydrogen-bond donors (Lipinski definition) is 0. The molecule has 12 atom stereocenters. The molecule has 208 valence electrons. The Morgan fingerprint density at radius 1 is 0.895 bits per heavy atom. The monoisotopic (exact) mass is 520 g/mol. The van der Waals surface area contributed by atoms with Crippen molar-refractivity contribution in [3.8, 4) is 0 Å². The first kappa shape index (κ1) is 25.6. The van der Waals surface area contributed by atoms with Gasteiger partial charge in [-0.3, -0.25) is 0 Å². The quantitative estimate of drug-likeness (QED) is 0.376. The Balaban J connectivity index is 1.05. The zero-order chi connectivity index (χ0) is 26.3. The van der Waals surface area contributed by atoms with Gasteiger partial charge in [-0.05, 0) is 116 Å². The summed E-state index contributed by atoms with van der Waals surface area (Å²) in [7, 11) is 0. The van der Waals surface area contributed by atoms with Crippen molar-refractivity contribution in [1.82, 2.24) is 0 Å². The third kappa shape index (κ3) is 3.71. The number of hydrogen-bond acceptors (Lipinski definition) is 4. The van der Waals surface area contributed by atoms with Crippen LogP contribution in [0.4, 0.5) is 0 Å². The van der Waals surface area contributed by atoms with E-state index in [2.05, 4.69) is 27.7 Å². The van der Waals surface area contributed by atoms with Crippen LogP contribution in [-0.4, -0.2) is 30.6 Å². The highest BCUT2D eigenvalue weighted by molar-refractivity contribution is 5.89.